The first-order chi connectivity index (χ1) is 10.4. The highest BCUT2D eigenvalue weighted by Crippen LogP contribution is 2.34. The summed E-state index contributed by atoms with van der Waals surface area (Å²) < 4.78 is 11.5. The number of hydrogen-bond donors (Lipinski definition) is 2. The van der Waals surface area contributed by atoms with E-state index in [9.17, 15) is 9.59 Å². The molecule has 0 aliphatic carbocycles. The molecule has 0 unspecified atom stereocenters. The van der Waals surface area contributed by atoms with E-state index < -0.39 is 11.9 Å². The monoisotopic (exact) mass is 415 g/mol. The number of nitrogens with zero attached hydrogens (tertiary/aromatic N) is 1. The van der Waals surface area contributed by atoms with E-state index in [-0.39, 0.29) is 5.57 Å². The number of carbonyl (C=O) groups excluding carboxylic acids is 2. The van der Waals surface area contributed by atoms with Gasteiger partial charge in [0.25, 0.3) is 5.91 Å². The summed E-state index contributed by atoms with van der Waals surface area (Å²) in [6.45, 7) is 2.27. The lowest BCUT2D eigenvalue weighted by Gasteiger charge is -2.12. The maximum Gasteiger partial charge on any atom is 0.319 e. The maximum atomic E-state index is 11.6. The van der Waals surface area contributed by atoms with Gasteiger partial charge in [-0.2, -0.15) is 5.26 Å². The van der Waals surface area contributed by atoms with Gasteiger partial charge in [0.1, 0.15) is 11.6 Å². The van der Waals surface area contributed by atoms with Crippen molar-refractivity contribution >= 4 is 40.6 Å². The molecule has 0 heterocycles. The number of hydrogen-bond acceptors (Lipinski definition) is 5. The van der Waals surface area contributed by atoms with Crippen molar-refractivity contribution in [1.29, 1.82) is 5.26 Å². The fourth-order valence-electron chi connectivity index (χ4n) is 1.63. The molecule has 1 rings (SSSR count). The molecule has 1 aromatic rings. The summed E-state index contributed by atoms with van der Waals surface area (Å²) in [6.07, 6.45) is 1.34. The van der Waals surface area contributed by atoms with Gasteiger partial charge in [0.15, 0.2) is 11.5 Å². The van der Waals surface area contributed by atoms with Crippen LogP contribution in [0.1, 0.15) is 12.5 Å². The molecular weight excluding hydrogens is 401 g/mol. The van der Waals surface area contributed by atoms with Gasteiger partial charge in [0.05, 0.1) is 17.3 Å². The molecule has 8 heteroatoms. The van der Waals surface area contributed by atoms with Crippen LogP contribution in [-0.2, 0) is 4.79 Å². The fraction of sp³-hybridized carbons (Fsp3) is 0.214. The number of halogens is 1. The van der Waals surface area contributed by atoms with Crippen molar-refractivity contribution in [2.45, 2.75) is 6.92 Å². The first-order valence-electron chi connectivity index (χ1n) is 6.15. The van der Waals surface area contributed by atoms with Gasteiger partial charge in [0, 0.05) is 0 Å². The molecule has 0 aliphatic heterocycles. The van der Waals surface area contributed by atoms with Gasteiger partial charge < -0.3 is 15.2 Å². The number of carbonyl (C=O) groups is 2. The number of nitrogens with one attached hydrogen (secondary N) is 1. The van der Waals surface area contributed by atoms with Gasteiger partial charge in [-0.15, -0.1) is 0 Å². The molecule has 0 radical (unpaired) electrons. The molecule has 0 saturated heterocycles. The van der Waals surface area contributed by atoms with Crippen LogP contribution in [-0.4, -0.2) is 25.7 Å². The largest absolute Gasteiger partial charge is 0.492 e. The number of benzene rings is 1. The van der Waals surface area contributed by atoms with E-state index in [4.69, 9.17) is 20.5 Å². The Hall–Kier alpha value is -2.28. The summed E-state index contributed by atoms with van der Waals surface area (Å²) in [6, 6.07) is 4.06. The van der Waals surface area contributed by atoms with Crippen LogP contribution < -0.4 is 20.5 Å². The van der Waals surface area contributed by atoms with E-state index in [0.717, 1.165) is 3.57 Å². The first kappa shape index (κ1) is 17.8. The van der Waals surface area contributed by atoms with Crippen molar-refractivity contribution in [3.8, 4) is 17.6 Å². The molecule has 0 aromatic heterocycles. The Morgan fingerprint density at radius 1 is 1.50 bits per heavy atom. The highest BCUT2D eigenvalue weighted by molar-refractivity contribution is 14.1. The van der Waals surface area contributed by atoms with Crippen LogP contribution in [0, 0.1) is 14.9 Å². The maximum absolute atomic E-state index is 11.6. The average molecular weight is 415 g/mol. The second-order valence-electron chi connectivity index (χ2n) is 3.96. The second kappa shape index (κ2) is 8.23. The van der Waals surface area contributed by atoms with Crippen LogP contribution in [0.25, 0.3) is 6.08 Å². The third-order valence-electron chi connectivity index (χ3n) is 2.45. The quantitative estimate of drug-likeness (QED) is 0.433. The molecule has 0 fully saturated rings. The molecule has 0 aliphatic rings. The third kappa shape index (κ3) is 4.63. The molecule has 3 N–H and O–H groups in total. The molecule has 0 bridgehead atoms. The van der Waals surface area contributed by atoms with Crippen molar-refractivity contribution in [1.82, 2.24) is 5.32 Å². The summed E-state index contributed by atoms with van der Waals surface area (Å²) in [7, 11) is 1.52. The fourth-order valence-corrected chi connectivity index (χ4v) is 2.47. The van der Waals surface area contributed by atoms with Gasteiger partial charge in [-0.1, -0.05) is 0 Å². The van der Waals surface area contributed by atoms with E-state index in [2.05, 4.69) is 22.6 Å². The van der Waals surface area contributed by atoms with Crippen molar-refractivity contribution in [3.63, 3.8) is 0 Å². The van der Waals surface area contributed by atoms with Crippen LogP contribution in [0.15, 0.2) is 17.7 Å². The Bertz CT molecular complexity index is 665. The summed E-state index contributed by atoms with van der Waals surface area (Å²) in [5.41, 5.74) is 5.17. The Morgan fingerprint density at radius 2 is 2.18 bits per heavy atom. The van der Waals surface area contributed by atoms with E-state index in [1.807, 2.05) is 12.2 Å². The van der Waals surface area contributed by atoms with Crippen molar-refractivity contribution < 1.29 is 19.1 Å². The number of amides is 3. The number of nitrogens with two attached hydrogens (primary N) is 1. The van der Waals surface area contributed by atoms with Gasteiger partial charge >= 0.3 is 6.03 Å². The van der Waals surface area contributed by atoms with Gasteiger partial charge in [0.2, 0.25) is 0 Å². The van der Waals surface area contributed by atoms with Gasteiger partial charge in [-0.05, 0) is 53.3 Å². The Kier molecular flexibility index (Phi) is 6.65. The van der Waals surface area contributed by atoms with Crippen LogP contribution in [0.2, 0.25) is 0 Å². The molecule has 1 aromatic carbocycles. The highest BCUT2D eigenvalue weighted by Gasteiger charge is 2.14. The SMILES string of the molecule is CCOc1cc(/C=C(/C#N)C(=O)NC(N)=O)cc(I)c1OC. The summed E-state index contributed by atoms with van der Waals surface area (Å²) >= 11 is 2.06. The number of nitriles is 1. The Balaban J connectivity index is 3.25. The van der Waals surface area contributed by atoms with E-state index in [0.29, 0.717) is 23.7 Å². The number of primary amides is 1. The van der Waals surface area contributed by atoms with E-state index >= 15 is 0 Å². The minimum absolute atomic E-state index is 0.248. The predicted molar refractivity (Wildman–Crippen MR) is 88.2 cm³/mol. The minimum atomic E-state index is -1.02. The minimum Gasteiger partial charge on any atom is -0.492 e. The predicted octanol–water partition coefficient (Wildman–Crippen LogP) is 1.80. The molecule has 0 atom stereocenters. The van der Waals surface area contributed by atoms with Crippen LogP contribution in [0.4, 0.5) is 4.79 Å². The standard InChI is InChI=1S/C14H14IN3O4/c1-3-22-11-6-8(5-10(15)12(11)21-2)4-9(7-16)13(19)18-14(17)20/h4-6H,3H2,1-2H3,(H3,17,18,19,20)/b9-4-. The Morgan fingerprint density at radius 3 is 2.68 bits per heavy atom. The van der Waals surface area contributed by atoms with Gasteiger partial charge in [-0.3, -0.25) is 10.1 Å². The van der Waals surface area contributed by atoms with Crippen molar-refractivity contribution in [2.24, 2.45) is 5.73 Å². The van der Waals surface area contributed by atoms with E-state index in [1.165, 1.54) is 13.2 Å². The summed E-state index contributed by atoms with van der Waals surface area (Å²) in [5.74, 6) is 0.203. The zero-order valence-corrected chi connectivity index (χ0v) is 14.1. The smallest absolute Gasteiger partial charge is 0.319 e. The lowest BCUT2D eigenvalue weighted by Crippen LogP contribution is -2.35. The molecule has 0 spiro atoms. The zero-order valence-electron chi connectivity index (χ0n) is 12.0. The topological polar surface area (TPSA) is 114 Å². The molecule has 22 heavy (non-hydrogen) atoms. The average Bonchev–Trinajstić information content (AvgIpc) is 2.44. The van der Waals surface area contributed by atoms with Crippen LogP contribution in [0.5, 0.6) is 11.5 Å². The van der Waals surface area contributed by atoms with Gasteiger partial charge in [-0.25, -0.2) is 4.79 Å². The molecule has 7 nitrogen and oxygen atoms in total. The van der Waals surface area contributed by atoms with Crippen molar-refractivity contribution in [2.75, 3.05) is 13.7 Å². The molecular formula is C14H14IN3O4. The number of imide groups is 1. The number of urea groups is 1. The molecule has 0 saturated carbocycles. The lowest BCUT2D eigenvalue weighted by atomic mass is 10.1. The summed E-state index contributed by atoms with van der Waals surface area (Å²) in [4.78, 5) is 22.3. The zero-order chi connectivity index (χ0) is 16.7. The molecule has 3 amide bonds. The van der Waals surface area contributed by atoms with E-state index in [1.54, 1.807) is 18.2 Å². The number of ether oxygens (including phenoxy) is 2. The highest BCUT2D eigenvalue weighted by atomic mass is 127. The third-order valence-corrected chi connectivity index (χ3v) is 3.25. The van der Waals surface area contributed by atoms with Crippen LogP contribution >= 0.6 is 22.6 Å². The Labute approximate surface area is 141 Å². The first-order valence-corrected chi connectivity index (χ1v) is 7.23. The normalized spacial score (nSPS) is 10.5. The second-order valence-corrected chi connectivity index (χ2v) is 5.12. The number of methoxy groups -OCH3 is 1. The summed E-state index contributed by atoms with van der Waals surface area (Å²) in [5, 5.41) is 10.9. The van der Waals surface area contributed by atoms with Crippen LogP contribution in [0.3, 0.4) is 0 Å². The molecule has 116 valence electrons. The van der Waals surface area contributed by atoms with Crippen molar-refractivity contribution in [3.05, 3.63) is 26.8 Å². The number of rotatable bonds is 5. The lowest BCUT2D eigenvalue weighted by molar-refractivity contribution is -0.115.